The van der Waals surface area contributed by atoms with E-state index < -0.39 is 0 Å². The molecule has 1 heterocycles. The van der Waals surface area contributed by atoms with Crippen LogP contribution in [0.2, 0.25) is 0 Å². The minimum absolute atomic E-state index is 0.320. The lowest BCUT2D eigenvalue weighted by Crippen LogP contribution is -2.26. The molecule has 2 aliphatic rings. The summed E-state index contributed by atoms with van der Waals surface area (Å²) in [4.78, 5) is 14.0. The third-order valence-corrected chi connectivity index (χ3v) is 3.96. The van der Waals surface area contributed by atoms with E-state index in [4.69, 9.17) is 0 Å². The highest BCUT2D eigenvalue weighted by molar-refractivity contribution is 5.83. The first-order valence-electron chi connectivity index (χ1n) is 6.94. The maximum absolute atomic E-state index is 11.9. The Balaban J connectivity index is 2.01. The van der Waals surface area contributed by atoms with Crippen LogP contribution in [-0.2, 0) is 4.79 Å². The molecule has 1 aromatic rings. The minimum atomic E-state index is 0.320. The van der Waals surface area contributed by atoms with Crippen molar-refractivity contribution < 1.29 is 4.79 Å². The van der Waals surface area contributed by atoms with Gasteiger partial charge in [-0.1, -0.05) is 30.3 Å². The summed E-state index contributed by atoms with van der Waals surface area (Å²) in [7, 11) is 0. The van der Waals surface area contributed by atoms with Crippen LogP contribution in [0.1, 0.15) is 44.1 Å². The molecule has 94 valence electrons. The molecule has 0 saturated carbocycles. The van der Waals surface area contributed by atoms with Crippen molar-refractivity contribution in [2.45, 2.75) is 38.5 Å². The lowest BCUT2D eigenvalue weighted by molar-refractivity contribution is -0.126. The van der Waals surface area contributed by atoms with E-state index in [-0.39, 0.29) is 0 Å². The lowest BCUT2D eigenvalue weighted by Gasteiger charge is -2.27. The molecule has 1 amide bonds. The fourth-order valence-electron chi connectivity index (χ4n) is 3.07. The molecule has 0 unspecified atom stereocenters. The van der Waals surface area contributed by atoms with Gasteiger partial charge < -0.3 is 4.90 Å². The topological polar surface area (TPSA) is 20.3 Å². The van der Waals surface area contributed by atoms with Crippen LogP contribution < -0.4 is 0 Å². The van der Waals surface area contributed by atoms with Crippen LogP contribution in [0.25, 0.3) is 5.57 Å². The van der Waals surface area contributed by atoms with E-state index in [9.17, 15) is 4.79 Å². The van der Waals surface area contributed by atoms with Crippen molar-refractivity contribution in [1.82, 2.24) is 4.90 Å². The number of rotatable bonds is 2. The van der Waals surface area contributed by atoms with E-state index in [1.54, 1.807) is 0 Å². The molecule has 0 atom stereocenters. The number of nitrogens with zero attached hydrogens (tertiary/aromatic N) is 1. The van der Waals surface area contributed by atoms with E-state index in [1.807, 2.05) is 11.0 Å². The number of amides is 1. The highest BCUT2D eigenvalue weighted by Crippen LogP contribution is 2.35. The molecule has 1 saturated heterocycles. The molecule has 18 heavy (non-hydrogen) atoms. The average molecular weight is 241 g/mol. The van der Waals surface area contributed by atoms with Crippen molar-refractivity contribution in [3.8, 4) is 0 Å². The largest absolute Gasteiger partial charge is 0.316 e. The standard InChI is InChI=1S/C16H19NO/c18-16-11-6-12-17(16)15-10-5-4-9-14(15)13-7-2-1-3-8-13/h1-3,7-8H,4-6,9-12H2. The molecule has 3 rings (SSSR count). The smallest absolute Gasteiger partial charge is 0.226 e. The second-order valence-corrected chi connectivity index (χ2v) is 5.15. The molecule has 1 aliphatic carbocycles. The maximum Gasteiger partial charge on any atom is 0.226 e. The summed E-state index contributed by atoms with van der Waals surface area (Å²) in [6.45, 7) is 0.921. The number of hydrogen-bond acceptors (Lipinski definition) is 1. The zero-order chi connectivity index (χ0) is 12.4. The SMILES string of the molecule is O=C1CCCN1C1=C(c2ccccc2)CCCC1. The van der Waals surface area contributed by atoms with Crippen molar-refractivity contribution >= 4 is 11.5 Å². The van der Waals surface area contributed by atoms with Crippen LogP contribution in [0.4, 0.5) is 0 Å². The Morgan fingerprint density at radius 1 is 0.889 bits per heavy atom. The average Bonchev–Trinajstić information content (AvgIpc) is 2.86. The Hall–Kier alpha value is -1.57. The normalized spacial score (nSPS) is 20.7. The molecule has 0 radical (unpaired) electrons. The molecule has 0 aromatic heterocycles. The predicted molar refractivity (Wildman–Crippen MR) is 72.8 cm³/mol. The molecule has 0 spiro atoms. The maximum atomic E-state index is 11.9. The van der Waals surface area contributed by atoms with Crippen LogP contribution in [-0.4, -0.2) is 17.4 Å². The highest BCUT2D eigenvalue weighted by atomic mass is 16.2. The first-order valence-corrected chi connectivity index (χ1v) is 6.94. The van der Waals surface area contributed by atoms with E-state index in [0.717, 1.165) is 32.2 Å². The molecule has 1 fully saturated rings. The van der Waals surface area contributed by atoms with Gasteiger partial charge in [-0.05, 0) is 43.2 Å². The third kappa shape index (κ3) is 2.07. The summed E-state index contributed by atoms with van der Waals surface area (Å²) in [6.07, 6.45) is 6.39. The van der Waals surface area contributed by atoms with Gasteiger partial charge in [-0.2, -0.15) is 0 Å². The first kappa shape index (κ1) is 11.5. The van der Waals surface area contributed by atoms with Crippen molar-refractivity contribution in [2.24, 2.45) is 0 Å². The fourth-order valence-corrected chi connectivity index (χ4v) is 3.07. The van der Waals surface area contributed by atoms with Gasteiger partial charge in [0, 0.05) is 18.7 Å². The second kappa shape index (κ2) is 4.97. The molecule has 0 bridgehead atoms. The van der Waals surface area contributed by atoms with Gasteiger partial charge >= 0.3 is 0 Å². The monoisotopic (exact) mass is 241 g/mol. The number of benzene rings is 1. The Morgan fingerprint density at radius 3 is 2.39 bits per heavy atom. The van der Waals surface area contributed by atoms with Crippen molar-refractivity contribution in [3.63, 3.8) is 0 Å². The van der Waals surface area contributed by atoms with Gasteiger partial charge in [0.05, 0.1) is 0 Å². The summed E-state index contributed by atoms with van der Waals surface area (Å²) in [5.41, 5.74) is 4.00. The fraction of sp³-hybridized carbons (Fsp3) is 0.438. The van der Waals surface area contributed by atoms with Crippen molar-refractivity contribution in [1.29, 1.82) is 0 Å². The van der Waals surface area contributed by atoms with E-state index >= 15 is 0 Å². The van der Waals surface area contributed by atoms with Gasteiger partial charge in [-0.15, -0.1) is 0 Å². The van der Waals surface area contributed by atoms with Gasteiger partial charge in [0.1, 0.15) is 0 Å². The van der Waals surface area contributed by atoms with Gasteiger partial charge in [-0.25, -0.2) is 0 Å². The van der Waals surface area contributed by atoms with E-state index in [0.29, 0.717) is 5.91 Å². The van der Waals surface area contributed by atoms with Gasteiger partial charge in [0.25, 0.3) is 0 Å². The minimum Gasteiger partial charge on any atom is -0.316 e. The van der Waals surface area contributed by atoms with Crippen molar-refractivity contribution in [2.75, 3.05) is 6.54 Å². The van der Waals surface area contributed by atoms with Gasteiger partial charge in [-0.3, -0.25) is 4.79 Å². The number of carbonyl (C=O) groups is 1. The zero-order valence-electron chi connectivity index (χ0n) is 10.7. The summed E-state index contributed by atoms with van der Waals surface area (Å²) >= 11 is 0. The molecule has 1 aromatic carbocycles. The molecule has 1 aliphatic heterocycles. The van der Waals surface area contributed by atoms with Crippen LogP contribution in [0.3, 0.4) is 0 Å². The Bertz CT molecular complexity index is 475. The molecule has 0 N–H and O–H groups in total. The van der Waals surface area contributed by atoms with Crippen LogP contribution in [0, 0.1) is 0 Å². The summed E-state index contributed by atoms with van der Waals surface area (Å²) in [5.74, 6) is 0.320. The zero-order valence-corrected chi connectivity index (χ0v) is 10.7. The quantitative estimate of drug-likeness (QED) is 0.774. The van der Waals surface area contributed by atoms with E-state index in [1.165, 1.54) is 29.7 Å². The Labute approximate surface area is 108 Å². The number of likely N-dealkylation sites (tertiary alicyclic amines) is 1. The predicted octanol–water partition coefficient (Wildman–Crippen LogP) is 3.59. The third-order valence-electron chi connectivity index (χ3n) is 3.96. The number of hydrogen-bond donors (Lipinski definition) is 0. The van der Waals surface area contributed by atoms with Gasteiger partial charge in [0.15, 0.2) is 0 Å². The van der Waals surface area contributed by atoms with Crippen molar-refractivity contribution in [3.05, 3.63) is 41.6 Å². The number of allylic oxidation sites excluding steroid dienone is 2. The first-order chi connectivity index (χ1) is 8.86. The molecule has 2 heteroatoms. The Kier molecular flexibility index (Phi) is 3.18. The Morgan fingerprint density at radius 2 is 1.67 bits per heavy atom. The summed E-state index contributed by atoms with van der Waals surface area (Å²) < 4.78 is 0. The van der Waals surface area contributed by atoms with Gasteiger partial charge in [0.2, 0.25) is 5.91 Å². The van der Waals surface area contributed by atoms with Crippen LogP contribution in [0.15, 0.2) is 36.0 Å². The summed E-state index contributed by atoms with van der Waals surface area (Å²) in [5, 5.41) is 0. The molecular weight excluding hydrogens is 222 g/mol. The van der Waals surface area contributed by atoms with Crippen LogP contribution >= 0.6 is 0 Å². The second-order valence-electron chi connectivity index (χ2n) is 5.15. The van der Waals surface area contributed by atoms with Crippen LogP contribution in [0.5, 0.6) is 0 Å². The summed E-state index contributed by atoms with van der Waals surface area (Å²) in [6, 6.07) is 10.6. The highest BCUT2D eigenvalue weighted by Gasteiger charge is 2.27. The molecular formula is C16H19NO. The lowest BCUT2D eigenvalue weighted by atomic mass is 9.90. The van der Waals surface area contributed by atoms with E-state index in [2.05, 4.69) is 24.3 Å². The molecule has 2 nitrogen and oxygen atoms in total. The number of carbonyl (C=O) groups excluding carboxylic acids is 1.